The molecule has 0 aliphatic heterocycles. The first-order valence-electron chi connectivity index (χ1n) is 5.14. The van der Waals surface area contributed by atoms with Gasteiger partial charge in [0.25, 0.3) is 0 Å². The van der Waals surface area contributed by atoms with Crippen LogP contribution < -0.4 is 4.74 Å². The highest BCUT2D eigenvalue weighted by Gasteiger charge is 2.11. The number of aromatic nitrogens is 5. The minimum absolute atomic E-state index is 0.157. The van der Waals surface area contributed by atoms with Gasteiger partial charge in [0.1, 0.15) is 5.75 Å². The van der Waals surface area contributed by atoms with Crippen molar-refractivity contribution in [2.45, 2.75) is 0 Å². The van der Waals surface area contributed by atoms with Crippen molar-refractivity contribution in [2.24, 2.45) is 0 Å². The molecule has 90 valence electrons. The van der Waals surface area contributed by atoms with Gasteiger partial charge in [-0.15, -0.1) is 0 Å². The Labute approximate surface area is 107 Å². The highest BCUT2D eigenvalue weighted by Crippen LogP contribution is 2.27. The summed E-state index contributed by atoms with van der Waals surface area (Å²) in [6, 6.07) is 1.83. The zero-order chi connectivity index (χ0) is 12.5. The molecular weight excluding hydrogens is 254 g/mol. The first-order chi connectivity index (χ1) is 8.78. The highest BCUT2D eigenvalue weighted by atomic mass is 35.5. The van der Waals surface area contributed by atoms with Crippen LogP contribution in [0.5, 0.6) is 5.75 Å². The lowest BCUT2D eigenvalue weighted by molar-refractivity contribution is 0.413. The molecule has 0 aliphatic rings. The Morgan fingerprint density at radius 2 is 2.11 bits per heavy atom. The second-order valence-electron chi connectivity index (χ2n) is 3.59. The Morgan fingerprint density at radius 3 is 2.94 bits per heavy atom. The van der Waals surface area contributed by atoms with Crippen molar-refractivity contribution < 1.29 is 4.74 Å². The number of nitrogens with one attached hydrogen (secondary N) is 1. The van der Waals surface area contributed by atoms with Gasteiger partial charge >= 0.3 is 0 Å². The second-order valence-corrected chi connectivity index (χ2v) is 3.93. The minimum atomic E-state index is 0.157. The third kappa shape index (κ3) is 1.76. The molecule has 0 spiro atoms. The minimum Gasteiger partial charge on any atom is -0.495 e. The van der Waals surface area contributed by atoms with Crippen molar-refractivity contribution in [3.63, 3.8) is 0 Å². The number of methoxy groups -OCH3 is 1. The number of rotatable bonds is 2. The predicted molar refractivity (Wildman–Crippen MR) is 66.5 cm³/mol. The molecule has 6 nitrogen and oxygen atoms in total. The van der Waals surface area contributed by atoms with Crippen LogP contribution in [0.3, 0.4) is 0 Å². The normalized spacial score (nSPS) is 10.8. The maximum absolute atomic E-state index is 5.88. The van der Waals surface area contributed by atoms with Gasteiger partial charge in [-0.1, -0.05) is 0 Å². The molecule has 3 heterocycles. The molecule has 0 aliphatic carbocycles. The molecule has 1 N–H and O–H groups in total. The van der Waals surface area contributed by atoms with E-state index in [1.807, 2.05) is 6.07 Å². The Bertz CT molecular complexity index is 711. The summed E-state index contributed by atoms with van der Waals surface area (Å²) in [5.41, 5.74) is 2.06. The topological polar surface area (TPSA) is 76.6 Å². The summed E-state index contributed by atoms with van der Waals surface area (Å²) >= 11 is 5.88. The molecule has 7 heteroatoms. The SMILES string of the molecule is COc1cncc(-c2nc(Cl)nc3[nH]ncc23)c1. The lowest BCUT2D eigenvalue weighted by atomic mass is 10.1. The Hall–Kier alpha value is -2.21. The van der Waals surface area contributed by atoms with Gasteiger partial charge in [0.15, 0.2) is 5.65 Å². The average molecular weight is 262 g/mol. The zero-order valence-corrected chi connectivity index (χ0v) is 10.1. The van der Waals surface area contributed by atoms with Gasteiger partial charge in [-0.2, -0.15) is 10.1 Å². The fraction of sp³-hybridized carbons (Fsp3) is 0.0909. The van der Waals surface area contributed by atoms with E-state index in [1.165, 1.54) is 0 Å². The maximum atomic E-state index is 5.88. The molecule has 0 bridgehead atoms. The van der Waals surface area contributed by atoms with Gasteiger partial charge in [0.2, 0.25) is 5.28 Å². The summed E-state index contributed by atoms with van der Waals surface area (Å²) in [6.45, 7) is 0. The largest absolute Gasteiger partial charge is 0.495 e. The van der Waals surface area contributed by atoms with Crippen LogP contribution in [-0.4, -0.2) is 32.3 Å². The molecule has 0 radical (unpaired) electrons. The summed E-state index contributed by atoms with van der Waals surface area (Å²) in [4.78, 5) is 12.4. The third-order valence-corrected chi connectivity index (χ3v) is 2.67. The van der Waals surface area contributed by atoms with Crippen molar-refractivity contribution in [3.8, 4) is 17.0 Å². The van der Waals surface area contributed by atoms with E-state index < -0.39 is 0 Å². The average Bonchev–Trinajstić information content (AvgIpc) is 2.85. The van der Waals surface area contributed by atoms with E-state index in [4.69, 9.17) is 16.3 Å². The number of nitrogens with zero attached hydrogens (tertiary/aromatic N) is 4. The van der Waals surface area contributed by atoms with E-state index in [2.05, 4.69) is 25.1 Å². The van der Waals surface area contributed by atoms with Crippen LogP contribution in [0.1, 0.15) is 0 Å². The van der Waals surface area contributed by atoms with Crippen LogP contribution in [0.25, 0.3) is 22.3 Å². The van der Waals surface area contributed by atoms with Gasteiger partial charge in [-0.05, 0) is 17.7 Å². The molecular formula is C11H8ClN5O. The van der Waals surface area contributed by atoms with Crippen molar-refractivity contribution in [1.82, 2.24) is 25.1 Å². The van der Waals surface area contributed by atoms with Crippen LogP contribution in [0.2, 0.25) is 5.28 Å². The van der Waals surface area contributed by atoms with E-state index in [-0.39, 0.29) is 5.28 Å². The first-order valence-corrected chi connectivity index (χ1v) is 5.52. The standard InChI is InChI=1S/C11H8ClN5O/c1-18-7-2-6(3-13-4-7)9-8-5-14-17-10(8)16-11(12)15-9/h2-5H,1H3,(H,14,15,16,17). The molecule has 0 amide bonds. The lowest BCUT2D eigenvalue weighted by Gasteiger charge is -2.04. The van der Waals surface area contributed by atoms with Crippen molar-refractivity contribution in [2.75, 3.05) is 7.11 Å². The molecule has 3 rings (SSSR count). The van der Waals surface area contributed by atoms with Gasteiger partial charge in [-0.3, -0.25) is 10.1 Å². The third-order valence-electron chi connectivity index (χ3n) is 2.50. The van der Waals surface area contributed by atoms with Crippen molar-refractivity contribution in [3.05, 3.63) is 29.9 Å². The summed E-state index contributed by atoms with van der Waals surface area (Å²) in [6.07, 6.45) is 4.97. The van der Waals surface area contributed by atoms with Crippen molar-refractivity contribution in [1.29, 1.82) is 0 Å². The first kappa shape index (κ1) is 10.9. The van der Waals surface area contributed by atoms with Gasteiger partial charge in [0, 0.05) is 11.8 Å². The van der Waals surface area contributed by atoms with Gasteiger partial charge in [0.05, 0.1) is 30.6 Å². The van der Waals surface area contributed by atoms with Crippen LogP contribution >= 0.6 is 11.6 Å². The van der Waals surface area contributed by atoms with Gasteiger partial charge in [-0.25, -0.2) is 4.98 Å². The number of halogens is 1. The molecule has 0 saturated heterocycles. The Morgan fingerprint density at radius 1 is 1.22 bits per heavy atom. The molecule has 0 aromatic carbocycles. The van der Waals surface area contributed by atoms with E-state index >= 15 is 0 Å². The van der Waals surface area contributed by atoms with Crippen LogP contribution in [0.4, 0.5) is 0 Å². The fourth-order valence-electron chi connectivity index (χ4n) is 1.69. The summed E-state index contributed by atoms with van der Waals surface area (Å²) < 4.78 is 5.14. The second kappa shape index (κ2) is 4.23. The molecule has 3 aromatic heterocycles. The maximum Gasteiger partial charge on any atom is 0.224 e. The molecule has 0 fully saturated rings. The number of hydrogen-bond acceptors (Lipinski definition) is 5. The van der Waals surface area contributed by atoms with E-state index in [1.54, 1.807) is 25.7 Å². The van der Waals surface area contributed by atoms with E-state index in [9.17, 15) is 0 Å². The number of hydrogen-bond donors (Lipinski definition) is 1. The van der Waals surface area contributed by atoms with Gasteiger partial charge < -0.3 is 4.74 Å². The number of ether oxygens (including phenoxy) is 1. The van der Waals surface area contributed by atoms with Crippen LogP contribution in [0, 0.1) is 0 Å². The van der Waals surface area contributed by atoms with E-state index in [0.717, 1.165) is 10.9 Å². The molecule has 0 saturated carbocycles. The smallest absolute Gasteiger partial charge is 0.224 e. The summed E-state index contributed by atoms with van der Waals surface area (Å²) in [5.74, 6) is 0.652. The predicted octanol–water partition coefficient (Wildman–Crippen LogP) is 2.08. The monoisotopic (exact) mass is 261 g/mol. The Balaban J connectivity index is 2.26. The number of H-pyrrole nitrogens is 1. The summed E-state index contributed by atoms with van der Waals surface area (Å²) in [5, 5.41) is 7.64. The molecule has 18 heavy (non-hydrogen) atoms. The summed E-state index contributed by atoms with van der Waals surface area (Å²) in [7, 11) is 1.58. The lowest BCUT2D eigenvalue weighted by Crippen LogP contribution is -1.92. The quantitative estimate of drug-likeness (QED) is 0.715. The Kier molecular flexibility index (Phi) is 2.56. The van der Waals surface area contributed by atoms with Crippen molar-refractivity contribution >= 4 is 22.6 Å². The molecule has 0 unspecified atom stereocenters. The number of fused-ring (bicyclic) bond motifs is 1. The number of pyridine rings is 1. The fourth-order valence-corrected chi connectivity index (χ4v) is 1.86. The number of aromatic amines is 1. The van der Waals surface area contributed by atoms with Crippen LogP contribution in [-0.2, 0) is 0 Å². The zero-order valence-electron chi connectivity index (χ0n) is 9.38. The molecule has 3 aromatic rings. The highest BCUT2D eigenvalue weighted by molar-refractivity contribution is 6.28. The van der Waals surface area contributed by atoms with E-state index in [0.29, 0.717) is 17.1 Å². The van der Waals surface area contributed by atoms with Crippen LogP contribution in [0.15, 0.2) is 24.7 Å². The molecule has 0 atom stereocenters.